The fourth-order valence-corrected chi connectivity index (χ4v) is 17.6. The molecule has 110 heavy (non-hydrogen) atoms. The lowest BCUT2D eigenvalue weighted by atomic mass is 9.33. The van der Waals surface area contributed by atoms with Gasteiger partial charge in [-0.3, -0.25) is 0 Å². The van der Waals surface area contributed by atoms with E-state index < -0.39 is 24.8 Å². The Morgan fingerprint density at radius 2 is 0.700 bits per heavy atom. The molecule has 2 aliphatic rings. The Hall–Kier alpha value is -11.9. The maximum Gasteiger partial charge on any atom is 0.252 e. The molecule has 0 saturated carbocycles. The first-order valence-electron chi connectivity index (χ1n) is 41.4. The van der Waals surface area contributed by atoms with Gasteiger partial charge in [-0.15, -0.1) is 0 Å². The van der Waals surface area contributed by atoms with Crippen LogP contribution in [0, 0.1) is 0 Å². The van der Waals surface area contributed by atoms with Crippen molar-refractivity contribution in [2.75, 3.05) is 9.80 Å². The van der Waals surface area contributed by atoms with Gasteiger partial charge in [-0.2, -0.15) is 0 Å². The molecule has 0 aliphatic carbocycles. The average molecular weight is 1430 g/mol. The molecular formula is C104H93BN4O. The zero-order valence-electron chi connectivity index (χ0n) is 70.6. The molecule has 0 radical (unpaired) electrons. The van der Waals surface area contributed by atoms with Crippen LogP contribution in [-0.4, -0.2) is 15.8 Å². The highest BCUT2D eigenvalue weighted by Gasteiger charge is 2.47. The van der Waals surface area contributed by atoms with Crippen LogP contribution in [0.15, 0.2) is 295 Å². The summed E-state index contributed by atoms with van der Waals surface area (Å²) in [5.74, 6) is 0. The fraction of sp³-hybridized carbons (Fsp3) is 0.192. The first-order chi connectivity index (χ1) is 54.8. The van der Waals surface area contributed by atoms with Gasteiger partial charge in [0.25, 0.3) is 6.71 Å². The Bertz CT molecular complexity index is 6700. The van der Waals surface area contributed by atoms with Gasteiger partial charge < -0.3 is 23.4 Å². The highest BCUT2D eigenvalue weighted by Crippen LogP contribution is 2.56. The molecule has 6 heteroatoms. The Kier molecular flexibility index (Phi) is 14.2. The van der Waals surface area contributed by atoms with Gasteiger partial charge in [-0.1, -0.05) is 286 Å². The highest BCUT2D eigenvalue weighted by molar-refractivity contribution is 7.00. The number of benzene rings is 14. The maximum absolute atomic E-state index is 9.80. The summed E-state index contributed by atoms with van der Waals surface area (Å²) in [4.78, 5) is 5.12. The minimum atomic E-state index is -0.502. The molecule has 0 amide bonds. The predicted molar refractivity (Wildman–Crippen MR) is 472 cm³/mol. The van der Waals surface area contributed by atoms with Crippen LogP contribution in [0.3, 0.4) is 0 Å². The normalized spacial score (nSPS) is 14.0. The molecule has 538 valence electrons. The second-order valence-corrected chi connectivity index (χ2v) is 35.8. The molecule has 5 heterocycles. The molecule has 14 aromatic carbocycles. The summed E-state index contributed by atoms with van der Waals surface area (Å²) in [6.45, 7) is 34.0. The molecule has 0 fully saturated rings. The van der Waals surface area contributed by atoms with E-state index in [0.717, 1.165) is 156 Å². The molecule has 0 N–H and O–H groups in total. The van der Waals surface area contributed by atoms with Gasteiger partial charge in [0.1, 0.15) is 11.2 Å². The van der Waals surface area contributed by atoms with Crippen LogP contribution in [0.2, 0.25) is 0 Å². The van der Waals surface area contributed by atoms with Gasteiger partial charge in [0.15, 0.2) is 0 Å². The zero-order chi connectivity index (χ0) is 80.2. The zero-order valence-corrected chi connectivity index (χ0v) is 65.6. The van der Waals surface area contributed by atoms with Crippen molar-refractivity contribution in [3.63, 3.8) is 0 Å². The van der Waals surface area contributed by atoms with Crippen molar-refractivity contribution in [1.82, 2.24) is 9.13 Å². The van der Waals surface area contributed by atoms with Crippen LogP contribution in [0.5, 0.6) is 0 Å². The van der Waals surface area contributed by atoms with Gasteiger partial charge in [0.2, 0.25) is 0 Å². The fourth-order valence-electron chi connectivity index (χ4n) is 17.6. The lowest BCUT2D eigenvalue weighted by molar-refractivity contribution is 0.590. The Balaban J connectivity index is 1.05. The second-order valence-electron chi connectivity index (χ2n) is 35.8. The van der Waals surface area contributed by atoms with Gasteiger partial charge in [0.05, 0.1) is 51.4 Å². The van der Waals surface area contributed by atoms with Crippen molar-refractivity contribution in [1.29, 1.82) is 0 Å². The highest BCUT2D eigenvalue weighted by atomic mass is 16.3. The lowest BCUT2D eigenvalue weighted by Gasteiger charge is -2.46. The monoisotopic (exact) mass is 1430 g/mol. The summed E-state index contributed by atoms with van der Waals surface area (Å²) in [5, 5.41) is 6.65. The van der Waals surface area contributed by atoms with Crippen LogP contribution in [0.25, 0.3) is 121 Å². The van der Waals surface area contributed by atoms with Crippen molar-refractivity contribution in [3.05, 3.63) is 319 Å². The summed E-state index contributed by atoms with van der Waals surface area (Å²) < 4.78 is 59.2. The molecule has 0 spiro atoms. The number of rotatable bonds is 8. The van der Waals surface area contributed by atoms with E-state index in [2.05, 4.69) is 378 Å². The van der Waals surface area contributed by atoms with Gasteiger partial charge in [-0.25, -0.2) is 0 Å². The van der Waals surface area contributed by atoms with Crippen LogP contribution in [-0.2, 0) is 27.1 Å². The van der Waals surface area contributed by atoms with E-state index in [1.807, 2.05) is 6.07 Å². The third-order valence-electron chi connectivity index (χ3n) is 23.5. The molecule has 2 aliphatic heterocycles. The molecule has 19 rings (SSSR count). The SMILES string of the molecule is [2H]c1c([2H])c([2H])c(-c2ccc3c(c2)N(c2c(-c4ccccc4)cc(C(C)(C)C)cc2-c2ccccc2)c2cc(-n4c5ccc(C(C)(C)C)cc5c5cc(C(C)(C)C)ccc54)cc4c2B3c2ccc(-n3c5ccc(C(C)(C)C)cc5c5cc(C(C)(C)C)ccc53)cc2N4c2c(-c3ccccc3)ccc3oc4ccccc4c23)c([2H])c1[2H]. The predicted octanol–water partition coefficient (Wildman–Crippen LogP) is 27.0. The molecule has 0 saturated heterocycles. The van der Waals surface area contributed by atoms with Crippen molar-refractivity contribution < 1.29 is 11.3 Å². The molecule has 5 nitrogen and oxygen atoms in total. The first-order valence-corrected chi connectivity index (χ1v) is 38.9. The molecule has 0 unspecified atom stereocenters. The minimum absolute atomic E-state index is 0.121. The second kappa shape index (κ2) is 24.8. The summed E-state index contributed by atoms with van der Waals surface area (Å²) in [6.07, 6.45) is 0. The van der Waals surface area contributed by atoms with Crippen LogP contribution < -0.4 is 26.2 Å². The largest absolute Gasteiger partial charge is 0.456 e. The summed E-state index contributed by atoms with van der Waals surface area (Å²) in [5.41, 5.74) is 28.3. The Labute approximate surface area is 654 Å². The van der Waals surface area contributed by atoms with E-state index in [4.69, 9.17) is 5.79 Å². The number of aromatic nitrogens is 2. The molecule has 0 bridgehead atoms. The van der Waals surface area contributed by atoms with Crippen molar-refractivity contribution in [2.45, 2.75) is 131 Å². The third kappa shape index (κ3) is 11.1. The number of furan rings is 1. The van der Waals surface area contributed by atoms with Crippen LogP contribution >= 0.6 is 0 Å². The Morgan fingerprint density at radius 1 is 0.291 bits per heavy atom. The van der Waals surface area contributed by atoms with E-state index in [9.17, 15) is 5.48 Å². The summed E-state index contributed by atoms with van der Waals surface area (Å²) in [6, 6.07) is 95.1. The van der Waals surface area contributed by atoms with Crippen molar-refractivity contribution in [3.8, 4) is 55.9 Å². The summed E-state index contributed by atoms with van der Waals surface area (Å²) in [7, 11) is 0. The number of hydrogen-bond acceptors (Lipinski definition) is 3. The number of para-hydroxylation sites is 1. The minimum Gasteiger partial charge on any atom is -0.456 e. The van der Waals surface area contributed by atoms with Gasteiger partial charge in [-0.05, 0) is 208 Å². The third-order valence-corrected chi connectivity index (χ3v) is 23.5. The standard InChI is InChI=1S/C104H93BN4O/c1-100(2,3)69-41-49-86-80(55-69)81-56-70(101(4,5)6)42-50-87(81)106(86)74-45-48-85-91(61-74)109(99-76(65-32-22-17-23-33-65)46-53-95-96(99)77-38-28-29-39-94(77)110-95)93-63-75(107-88-51-43-71(102(7,8)9)57-82(88)83-58-72(103(10,11)12)44-52-89(83)107)62-92-97(93)105(85)84-47-40-68(64-30-20-16-21-31-64)54-90(84)108(92)98-78(66-34-24-18-25-35-66)59-73(104(13,14)15)60-79(98)67-36-26-19-27-37-67/h16-63H,1-15H3/i16D,20D,21D,30D,31D. The number of anilines is 6. The number of fused-ring (bicyclic) bond motifs is 13. The van der Waals surface area contributed by atoms with Crippen LogP contribution in [0.1, 0.15) is 139 Å². The average Bonchev–Trinajstić information content (AvgIpc) is 1.41. The van der Waals surface area contributed by atoms with E-state index in [1.165, 1.54) is 33.0 Å². The maximum atomic E-state index is 9.80. The van der Waals surface area contributed by atoms with Crippen LogP contribution in [0.4, 0.5) is 34.1 Å². The van der Waals surface area contributed by atoms with E-state index in [1.54, 1.807) is 0 Å². The smallest absolute Gasteiger partial charge is 0.252 e. The molecular weight excluding hydrogens is 1330 g/mol. The quantitative estimate of drug-likeness (QED) is 0.142. The lowest BCUT2D eigenvalue weighted by Crippen LogP contribution is -2.61. The van der Waals surface area contributed by atoms with Crippen molar-refractivity contribution in [2.24, 2.45) is 0 Å². The van der Waals surface area contributed by atoms with E-state index in [-0.39, 0.29) is 44.7 Å². The molecule has 17 aromatic rings. The molecule has 0 atom stereocenters. The Morgan fingerprint density at radius 3 is 1.17 bits per heavy atom. The van der Waals surface area contributed by atoms with Crippen molar-refractivity contribution >= 4 is 123 Å². The van der Waals surface area contributed by atoms with Gasteiger partial charge in [0, 0.05) is 72.1 Å². The number of nitrogens with zero attached hydrogens (tertiary/aromatic N) is 4. The van der Waals surface area contributed by atoms with E-state index in [0.29, 0.717) is 5.56 Å². The summed E-state index contributed by atoms with van der Waals surface area (Å²) >= 11 is 0. The van der Waals surface area contributed by atoms with Gasteiger partial charge >= 0.3 is 0 Å². The van der Waals surface area contributed by atoms with E-state index >= 15 is 0 Å². The first kappa shape index (κ1) is 63.1. The number of hydrogen-bond donors (Lipinski definition) is 0. The topological polar surface area (TPSA) is 29.5 Å². The molecule has 3 aromatic heterocycles.